The molecule has 0 fully saturated rings. The monoisotopic (exact) mass is 240 g/mol. The first-order valence-electron chi connectivity index (χ1n) is 5.64. The van der Waals surface area contributed by atoms with E-state index in [1.807, 2.05) is 30.3 Å². The van der Waals surface area contributed by atoms with Crippen molar-refractivity contribution in [3.63, 3.8) is 0 Å². The van der Waals surface area contributed by atoms with Gasteiger partial charge in [-0.2, -0.15) is 0 Å². The van der Waals surface area contributed by atoms with Crippen LogP contribution >= 0.6 is 0 Å². The molecule has 0 spiro atoms. The third-order valence-corrected chi connectivity index (χ3v) is 2.63. The first-order chi connectivity index (χ1) is 8.58. The molecule has 2 heteroatoms. The van der Waals surface area contributed by atoms with Crippen molar-refractivity contribution in [1.29, 1.82) is 0 Å². The van der Waals surface area contributed by atoms with Crippen LogP contribution in [0.3, 0.4) is 0 Å². The number of hydrogen-bond donors (Lipinski definition) is 1. The number of hydrogen-bond acceptors (Lipinski definition) is 1. The molecule has 90 valence electrons. The van der Waals surface area contributed by atoms with Crippen LogP contribution in [0.2, 0.25) is 0 Å². The summed E-state index contributed by atoms with van der Waals surface area (Å²) in [7, 11) is 0. The zero-order chi connectivity index (χ0) is 13.0. The Bertz CT molecular complexity index is 574. The normalized spacial score (nSPS) is 13.3. The molecule has 0 aliphatic heterocycles. The van der Waals surface area contributed by atoms with Crippen molar-refractivity contribution in [3.8, 4) is 11.8 Å². The van der Waals surface area contributed by atoms with E-state index in [-0.39, 0.29) is 5.82 Å². The number of halogens is 1. The molecule has 0 saturated heterocycles. The fraction of sp³-hybridized carbons (Fsp3) is 0.125. The van der Waals surface area contributed by atoms with Gasteiger partial charge in [0.1, 0.15) is 11.4 Å². The fourth-order valence-electron chi connectivity index (χ4n) is 1.56. The molecular formula is C16H13FO. The fourth-order valence-corrected chi connectivity index (χ4v) is 1.56. The van der Waals surface area contributed by atoms with Crippen LogP contribution in [0.5, 0.6) is 0 Å². The maximum Gasteiger partial charge on any atom is 0.148 e. The molecule has 0 unspecified atom stereocenters. The maximum atomic E-state index is 12.8. The average molecular weight is 240 g/mol. The summed E-state index contributed by atoms with van der Waals surface area (Å²) >= 11 is 0. The van der Waals surface area contributed by atoms with E-state index in [1.165, 1.54) is 24.3 Å². The van der Waals surface area contributed by atoms with Crippen LogP contribution in [0.15, 0.2) is 54.6 Å². The van der Waals surface area contributed by atoms with E-state index >= 15 is 0 Å². The molecule has 0 radical (unpaired) electrons. The number of rotatable bonds is 1. The summed E-state index contributed by atoms with van der Waals surface area (Å²) in [6.07, 6.45) is 0. The Morgan fingerprint density at radius 2 is 1.61 bits per heavy atom. The minimum atomic E-state index is -1.29. The molecule has 0 saturated carbocycles. The molecule has 2 aromatic rings. The molecule has 2 aromatic carbocycles. The lowest BCUT2D eigenvalue weighted by Crippen LogP contribution is -2.18. The van der Waals surface area contributed by atoms with Gasteiger partial charge in [0.2, 0.25) is 0 Å². The van der Waals surface area contributed by atoms with E-state index in [4.69, 9.17) is 0 Å². The molecule has 0 aliphatic carbocycles. The van der Waals surface area contributed by atoms with Crippen molar-refractivity contribution in [1.82, 2.24) is 0 Å². The van der Waals surface area contributed by atoms with Crippen LogP contribution in [0.4, 0.5) is 4.39 Å². The highest BCUT2D eigenvalue weighted by molar-refractivity contribution is 5.39. The van der Waals surface area contributed by atoms with E-state index < -0.39 is 5.60 Å². The van der Waals surface area contributed by atoms with Crippen LogP contribution in [-0.4, -0.2) is 5.11 Å². The molecule has 1 atom stereocenters. The molecule has 0 aliphatic rings. The zero-order valence-electron chi connectivity index (χ0n) is 10.0. The third-order valence-electron chi connectivity index (χ3n) is 2.63. The smallest absolute Gasteiger partial charge is 0.148 e. The van der Waals surface area contributed by atoms with Crippen LogP contribution in [0, 0.1) is 17.7 Å². The Hall–Kier alpha value is -2.11. The molecule has 1 N–H and O–H groups in total. The summed E-state index contributed by atoms with van der Waals surface area (Å²) < 4.78 is 12.8. The van der Waals surface area contributed by atoms with Crippen molar-refractivity contribution in [3.05, 3.63) is 71.5 Å². The summed E-state index contributed by atoms with van der Waals surface area (Å²) in [5.41, 5.74) is 0.121. The van der Waals surface area contributed by atoms with Gasteiger partial charge in [-0.1, -0.05) is 42.2 Å². The van der Waals surface area contributed by atoms with Crippen molar-refractivity contribution < 1.29 is 9.50 Å². The van der Waals surface area contributed by atoms with E-state index in [2.05, 4.69) is 11.8 Å². The second-order valence-corrected chi connectivity index (χ2v) is 4.20. The lowest BCUT2D eigenvalue weighted by atomic mass is 9.96. The maximum absolute atomic E-state index is 12.8. The highest BCUT2D eigenvalue weighted by Crippen LogP contribution is 2.19. The van der Waals surface area contributed by atoms with Gasteiger partial charge >= 0.3 is 0 Å². The highest BCUT2D eigenvalue weighted by atomic mass is 19.1. The van der Waals surface area contributed by atoms with Crippen LogP contribution in [0.25, 0.3) is 0 Å². The molecule has 0 amide bonds. The SMILES string of the molecule is C[C@](O)(C#Cc1ccccc1)c1ccc(F)cc1. The van der Waals surface area contributed by atoms with Crippen molar-refractivity contribution >= 4 is 0 Å². The minimum Gasteiger partial charge on any atom is -0.374 e. The Morgan fingerprint density at radius 1 is 1.00 bits per heavy atom. The Morgan fingerprint density at radius 3 is 2.22 bits per heavy atom. The quantitative estimate of drug-likeness (QED) is 0.759. The standard InChI is InChI=1S/C16H13FO/c1-16(18,14-7-9-15(17)10-8-14)12-11-13-5-3-2-4-6-13/h2-10,18H,1H3/t16-/m0/s1. The summed E-state index contributed by atoms with van der Waals surface area (Å²) in [5, 5.41) is 10.2. The average Bonchev–Trinajstić information content (AvgIpc) is 2.38. The number of benzene rings is 2. The topological polar surface area (TPSA) is 20.2 Å². The molecule has 0 aromatic heterocycles. The lowest BCUT2D eigenvalue weighted by molar-refractivity contribution is 0.122. The van der Waals surface area contributed by atoms with Gasteiger partial charge in [-0.15, -0.1) is 0 Å². The van der Waals surface area contributed by atoms with E-state index in [0.717, 1.165) is 5.56 Å². The van der Waals surface area contributed by atoms with Crippen LogP contribution < -0.4 is 0 Å². The summed E-state index contributed by atoms with van der Waals surface area (Å²) in [6, 6.07) is 15.1. The van der Waals surface area contributed by atoms with Crippen LogP contribution in [-0.2, 0) is 5.60 Å². The first-order valence-corrected chi connectivity index (χ1v) is 5.64. The van der Waals surface area contributed by atoms with Gasteiger partial charge in [0, 0.05) is 5.56 Å². The second-order valence-electron chi connectivity index (χ2n) is 4.20. The minimum absolute atomic E-state index is 0.328. The Balaban J connectivity index is 2.27. The van der Waals surface area contributed by atoms with E-state index in [1.54, 1.807) is 6.92 Å². The van der Waals surface area contributed by atoms with E-state index in [0.29, 0.717) is 5.56 Å². The molecule has 1 nitrogen and oxygen atoms in total. The van der Waals surface area contributed by atoms with Gasteiger partial charge in [0.15, 0.2) is 0 Å². The van der Waals surface area contributed by atoms with E-state index in [9.17, 15) is 9.50 Å². The van der Waals surface area contributed by atoms with Gasteiger partial charge in [0.05, 0.1) is 0 Å². The van der Waals surface area contributed by atoms with Gasteiger partial charge < -0.3 is 5.11 Å². The molecule has 0 heterocycles. The molecule has 0 bridgehead atoms. The second kappa shape index (κ2) is 5.03. The predicted molar refractivity (Wildman–Crippen MR) is 69.3 cm³/mol. The highest BCUT2D eigenvalue weighted by Gasteiger charge is 2.19. The van der Waals surface area contributed by atoms with Crippen molar-refractivity contribution in [2.45, 2.75) is 12.5 Å². The van der Waals surface area contributed by atoms with Crippen LogP contribution in [0.1, 0.15) is 18.1 Å². The van der Waals surface area contributed by atoms with Gasteiger partial charge in [-0.25, -0.2) is 4.39 Å². The molecule has 18 heavy (non-hydrogen) atoms. The van der Waals surface area contributed by atoms with Gasteiger partial charge in [-0.05, 0) is 36.8 Å². The van der Waals surface area contributed by atoms with Gasteiger partial charge in [-0.3, -0.25) is 0 Å². The summed E-state index contributed by atoms with van der Waals surface area (Å²) in [5.74, 6) is 5.37. The van der Waals surface area contributed by atoms with Crippen molar-refractivity contribution in [2.24, 2.45) is 0 Å². The Kier molecular flexibility index (Phi) is 3.45. The predicted octanol–water partition coefficient (Wildman–Crippen LogP) is 3.08. The van der Waals surface area contributed by atoms with Crippen molar-refractivity contribution in [2.75, 3.05) is 0 Å². The molecule has 2 rings (SSSR count). The zero-order valence-corrected chi connectivity index (χ0v) is 10.0. The lowest BCUT2D eigenvalue weighted by Gasteiger charge is -2.16. The summed E-state index contributed by atoms with van der Waals surface area (Å²) in [6.45, 7) is 1.59. The first kappa shape index (κ1) is 12.3. The largest absolute Gasteiger partial charge is 0.374 e. The van der Waals surface area contributed by atoms with Gasteiger partial charge in [0.25, 0.3) is 0 Å². The Labute approximate surface area is 106 Å². The molecular weight excluding hydrogens is 227 g/mol. The number of aliphatic hydroxyl groups is 1. The third kappa shape index (κ3) is 2.97. The summed E-state index contributed by atoms with van der Waals surface area (Å²) in [4.78, 5) is 0.